The van der Waals surface area contributed by atoms with E-state index in [-0.39, 0.29) is 11.6 Å². The molecule has 0 saturated carbocycles. The number of nitrogens with two attached hydrogens (primary N) is 1. The molecule has 2 heterocycles. The normalized spacial score (nSPS) is 14.5. The molecule has 1 aliphatic heterocycles. The van der Waals surface area contributed by atoms with Gasteiger partial charge in [-0.25, -0.2) is 4.79 Å². The second-order valence-electron chi connectivity index (χ2n) is 9.39. The molecule has 3 aromatic carbocycles. The first-order valence-electron chi connectivity index (χ1n) is 12.7. The lowest BCUT2D eigenvalue weighted by Crippen LogP contribution is -2.21. The van der Waals surface area contributed by atoms with Crippen molar-refractivity contribution in [3.05, 3.63) is 98.7 Å². The molecule has 1 atom stereocenters. The highest BCUT2D eigenvalue weighted by Crippen LogP contribution is 2.44. The Labute approximate surface area is 236 Å². The number of halogens is 1. The Kier molecular flexibility index (Phi) is 7.78. The minimum absolute atomic E-state index is 0.00987. The van der Waals surface area contributed by atoms with E-state index < -0.39 is 11.9 Å². The molecule has 0 aliphatic carbocycles. The fraction of sp³-hybridized carbons (Fsp3) is 0.226. The molecule has 0 bridgehead atoms. The molecule has 198 valence electrons. The lowest BCUT2D eigenvalue weighted by atomic mass is 9.83. The fourth-order valence-corrected chi connectivity index (χ4v) is 6.11. The van der Waals surface area contributed by atoms with Crippen LogP contribution in [0.25, 0.3) is 10.1 Å². The van der Waals surface area contributed by atoms with Crippen molar-refractivity contribution in [3.8, 4) is 23.3 Å². The van der Waals surface area contributed by atoms with Crippen LogP contribution in [0.15, 0.2) is 72.1 Å². The van der Waals surface area contributed by atoms with Gasteiger partial charge in [0, 0.05) is 21.7 Å². The maximum atomic E-state index is 13.0. The fourth-order valence-electron chi connectivity index (χ4n) is 4.63. The zero-order chi connectivity index (χ0) is 27.5. The Morgan fingerprint density at radius 2 is 1.97 bits per heavy atom. The summed E-state index contributed by atoms with van der Waals surface area (Å²) < 4.78 is 18.4. The zero-order valence-electron chi connectivity index (χ0n) is 21.6. The maximum Gasteiger partial charge on any atom is 0.355 e. The monoisotopic (exact) mass is 558 g/mol. The molecular formula is C31H27ClN2O4S. The summed E-state index contributed by atoms with van der Waals surface area (Å²) in [4.78, 5) is 13.4. The SMILES string of the molecule is CCCCCOc1cccc(C2C(C#N)=C(N)Oc3cc(OC(=O)c4sc5cc(C)ccc5c4Cl)ccc32)c1. The van der Waals surface area contributed by atoms with Gasteiger partial charge in [-0.1, -0.05) is 61.7 Å². The topological polar surface area (TPSA) is 94.6 Å². The summed E-state index contributed by atoms with van der Waals surface area (Å²) in [6, 6.07) is 20.8. The van der Waals surface area contributed by atoms with E-state index in [1.54, 1.807) is 18.2 Å². The van der Waals surface area contributed by atoms with Crippen molar-refractivity contribution in [2.75, 3.05) is 6.61 Å². The predicted octanol–water partition coefficient (Wildman–Crippen LogP) is 7.87. The summed E-state index contributed by atoms with van der Waals surface area (Å²) in [5.41, 5.74) is 9.16. The average molecular weight is 559 g/mol. The Bertz CT molecular complexity index is 1640. The van der Waals surface area contributed by atoms with Gasteiger partial charge in [-0.15, -0.1) is 11.3 Å². The van der Waals surface area contributed by atoms with Gasteiger partial charge in [0.25, 0.3) is 0 Å². The maximum absolute atomic E-state index is 13.0. The first-order chi connectivity index (χ1) is 18.9. The molecule has 1 aliphatic rings. The number of hydrogen-bond donors (Lipinski definition) is 1. The van der Waals surface area contributed by atoms with Gasteiger partial charge in [-0.2, -0.15) is 5.26 Å². The molecule has 0 spiro atoms. The van der Waals surface area contributed by atoms with Crippen LogP contribution in [0, 0.1) is 18.3 Å². The number of esters is 1. The molecule has 6 nitrogen and oxygen atoms in total. The minimum atomic E-state index is -0.555. The number of ether oxygens (including phenoxy) is 3. The van der Waals surface area contributed by atoms with E-state index in [9.17, 15) is 10.1 Å². The van der Waals surface area contributed by atoms with Crippen molar-refractivity contribution in [1.82, 2.24) is 0 Å². The molecule has 1 unspecified atom stereocenters. The highest BCUT2D eigenvalue weighted by molar-refractivity contribution is 7.21. The number of carbonyl (C=O) groups is 1. The molecule has 0 saturated heterocycles. The van der Waals surface area contributed by atoms with Gasteiger partial charge < -0.3 is 19.9 Å². The molecular weight excluding hydrogens is 532 g/mol. The smallest absolute Gasteiger partial charge is 0.355 e. The molecule has 1 aromatic heterocycles. The first-order valence-corrected chi connectivity index (χ1v) is 13.9. The van der Waals surface area contributed by atoms with Crippen LogP contribution < -0.4 is 19.9 Å². The zero-order valence-corrected chi connectivity index (χ0v) is 23.2. The summed E-state index contributed by atoms with van der Waals surface area (Å²) in [7, 11) is 0. The third-order valence-corrected chi connectivity index (χ3v) is 8.22. The van der Waals surface area contributed by atoms with Gasteiger partial charge in [0.05, 0.1) is 17.5 Å². The first kappa shape index (κ1) is 26.6. The van der Waals surface area contributed by atoms with Crippen LogP contribution >= 0.6 is 22.9 Å². The Balaban J connectivity index is 1.43. The van der Waals surface area contributed by atoms with E-state index in [1.165, 1.54) is 11.3 Å². The third kappa shape index (κ3) is 5.44. The highest BCUT2D eigenvalue weighted by Gasteiger charge is 2.31. The van der Waals surface area contributed by atoms with Crippen molar-refractivity contribution in [2.45, 2.75) is 39.0 Å². The van der Waals surface area contributed by atoms with Gasteiger partial charge in [0.15, 0.2) is 0 Å². The lowest BCUT2D eigenvalue weighted by Gasteiger charge is -2.27. The van der Waals surface area contributed by atoms with Crippen LogP contribution in [0.3, 0.4) is 0 Å². The molecule has 0 amide bonds. The van der Waals surface area contributed by atoms with Gasteiger partial charge in [0.2, 0.25) is 5.88 Å². The molecule has 39 heavy (non-hydrogen) atoms. The van der Waals surface area contributed by atoms with E-state index in [1.807, 2.05) is 49.4 Å². The van der Waals surface area contributed by atoms with Crippen LogP contribution in [0.5, 0.6) is 17.2 Å². The van der Waals surface area contributed by atoms with Gasteiger partial charge in [-0.3, -0.25) is 0 Å². The second kappa shape index (κ2) is 11.4. The van der Waals surface area contributed by atoms with E-state index in [0.717, 1.165) is 51.8 Å². The van der Waals surface area contributed by atoms with Gasteiger partial charge >= 0.3 is 5.97 Å². The molecule has 0 fully saturated rings. The molecule has 5 rings (SSSR count). The average Bonchev–Trinajstić information content (AvgIpc) is 3.25. The van der Waals surface area contributed by atoms with E-state index in [4.69, 9.17) is 31.5 Å². The summed E-state index contributed by atoms with van der Waals surface area (Å²) in [5.74, 6) is 0.421. The van der Waals surface area contributed by atoms with Crippen molar-refractivity contribution in [1.29, 1.82) is 5.26 Å². The van der Waals surface area contributed by atoms with Crippen molar-refractivity contribution in [2.24, 2.45) is 5.73 Å². The van der Waals surface area contributed by atoms with E-state index in [0.29, 0.717) is 27.8 Å². The van der Waals surface area contributed by atoms with Crippen molar-refractivity contribution >= 4 is 39.0 Å². The second-order valence-corrected chi connectivity index (χ2v) is 10.8. The number of carbonyl (C=O) groups excluding carboxylic acids is 1. The summed E-state index contributed by atoms with van der Waals surface area (Å²) >= 11 is 7.80. The van der Waals surface area contributed by atoms with Gasteiger partial charge in [-0.05, 0) is 48.7 Å². The number of fused-ring (bicyclic) bond motifs is 2. The number of allylic oxidation sites excluding steroid dienone is 1. The van der Waals surface area contributed by atoms with Crippen LogP contribution in [0.1, 0.15) is 58.5 Å². The van der Waals surface area contributed by atoms with Gasteiger partial charge in [0.1, 0.15) is 33.8 Å². The lowest BCUT2D eigenvalue weighted by molar-refractivity contribution is 0.0740. The molecule has 4 aromatic rings. The molecule has 8 heteroatoms. The largest absolute Gasteiger partial charge is 0.494 e. The number of benzene rings is 3. The van der Waals surface area contributed by atoms with Crippen molar-refractivity contribution in [3.63, 3.8) is 0 Å². The standard InChI is InChI=1S/C31H27ClN2O4S/c1-3-4-5-13-36-20-8-6-7-19(15-20)27-22-12-10-21(16-25(22)38-30(34)24(27)17-33)37-31(35)29-28(32)23-11-9-18(2)14-26(23)39-29/h6-12,14-16,27H,3-5,13,34H2,1-2H3. The third-order valence-electron chi connectivity index (χ3n) is 6.58. The number of aryl methyl sites for hydroxylation is 1. The number of rotatable bonds is 8. The van der Waals surface area contributed by atoms with E-state index in [2.05, 4.69) is 13.0 Å². The van der Waals surface area contributed by atoms with E-state index >= 15 is 0 Å². The molecule has 0 radical (unpaired) electrons. The van der Waals surface area contributed by atoms with Crippen LogP contribution in [-0.4, -0.2) is 12.6 Å². The van der Waals surface area contributed by atoms with Crippen LogP contribution in [0.2, 0.25) is 5.02 Å². The minimum Gasteiger partial charge on any atom is -0.494 e. The number of nitriles is 1. The van der Waals surface area contributed by atoms with Crippen LogP contribution in [0.4, 0.5) is 0 Å². The predicted molar refractivity (Wildman–Crippen MR) is 154 cm³/mol. The Morgan fingerprint density at radius 3 is 2.77 bits per heavy atom. The Morgan fingerprint density at radius 1 is 1.13 bits per heavy atom. The summed E-state index contributed by atoms with van der Waals surface area (Å²) in [6.07, 6.45) is 3.20. The van der Waals surface area contributed by atoms with Crippen LogP contribution in [-0.2, 0) is 0 Å². The number of nitrogens with zero attached hydrogens (tertiary/aromatic N) is 1. The molecule has 2 N–H and O–H groups in total. The number of thiophene rings is 1. The van der Waals surface area contributed by atoms with Crippen molar-refractivity contribution < 1.29 is 19.0 Å². The summed E-state index contributed by atoms with van der Waals surface area (Å²) in [5, 5.41) is 11.1. The number of hydrogen-bond acceptors (Lipinski definition) is 7. The highest BCUT2D eigenvalue weighted by atomic mass is 35.5. The number of unbranched alkanes of at least 4 members (excludes halogenated alkanes) is 2. The quantitative estimate of drug-likeness (QED) is 0.134. The summed E-state index contributed by atoms with van der Waals surface area (Å²) in [6.45, 7) is 4.76. The Hall–Kier alpha value is -3.99.